The molecule has 0 aliphatic carbocycles. The van der Waals surface area contributed by atoms with Gasteiger partial charge in [-0.05, 0) is 19.3 Å². The Morgan fingerprint density at radius 3 is 2.71 bits per heavy atom. The highest BCUT2D eigenvalue weighted by Gasteiger charge is 2.33. The number of piperazine rings is 1. The van der Waals surface area contributed by atoms with Gasteiger partial charge in [0.05, 0.1) is 0 Å². The van der Waals surface area contributed by atoms with Gasteiger partial charge < -0.3 is 15.5 Å². The second-order valence-corrected chi connectivity index (χ2v) is 5.88. The van der Waals surface area contributed by atoms with Gasteiger partial charge in [-0.25, -0.2) is 0 Å². The Hall–Kier alpha value is -1.14. The van der Waals surface area contributed by atoms with Crippen LogP contribution in [0.2, 0.25) is 0 Å². The molecule has 2 heterocycles. The van der Waals surface area contributed by atoms with Gasteiger partial charge in [-0.15, -0.1) is 0 Å². The lowest BCUT2D eigenvalue weighted by Gasteiger charge is -2.28. The van der Waals surface area contributed by atoms with Crippen molar-refractivity contribution in [1.29, 1.82) is 0 Å². The Kier molecular flexibility index (Phi) is 6.45. The number of hydrogen-bond donors (Lipinski definition) is 2. The van der Waals surface area contributed by atoms with E-state index in [0.29, 0.717) is 13.0 Å². The largest absolute Gasteiger partial charge is 0.353 e. The van der Waals surface area contributed by atoms with E-state index in [2.05, 4.69) is 15.5 Å². The number of likely N-dealkylation sites (tertiary alicyclic amines) is 1. The molecule has 1 atom stereocenters. The molecule has 2 saturated heterocycles. The number of rotatable bonds is 6. The Morgan fingerprint density at radius 2 is 2.00 bits per heavy atom. The van der Waals surface area contributed by atoms with Crippen molar-refractivity contribution in [3.63, 3.8) is 0 Å². The van der Waals surface area contributed by atoms with Gasteiger partial charge in [0, 0.05) is 52.2 Å². The minimum atomic E-state index is -0.243. The molecule has 0 radical (unpaired) electrons. The van der Waals surface area contributed by atoms with Crippen molar-refractivity contribution in [3.8, 4) is 0 Å². The van der Waals surface area contributed by atoms with Crippen LogP contribution in [0.4, 0.5) is 0 Å². The SMILES string of the molecule is CCCC(=O)N1CCCC1C(=O)NCCN1CCNCC1. The third-order valence-electron chi connectivity index (χ3n) is 4.28. The van der Waals surface area contributed by atoms with E-state index < -0.39 is 0 Å². The van der Waals surface area contributed by atoms with E-state index in [1.165, 1.54) is 0 Å². The van der Waals surface area contributed by atoms with Crippen molar-refractivity contribution < 1.29 is 9.59 Å². The van der Waals surface area contributed by atoms with Gasteiger partial charge in [-0.3, -0.25) is 14.5 Å². The number of nitrogens with one attached hydrogen (secondary N) is 2. The van der Waals surface area contributed by atoms with Crippen LogP contribution in [-0.2, 0) is 9.59 Å². The van der Waals surface area contributed by atoms with E-state index in [-0.39, 0.29) is 17.9 Å². The Labute approximate surface area is 127 Å². The summed E-state index contributed by atoms with van der Waals surface area (Å²) in [5.74, 6) is 0.143. The molecule has 2 fully saturated rings. The van der Waals surface area contributed by atoms with E-state index in [0.717, 1.165) is 58.5 Å². The van der Waals surface area contributed by atoms with Crippen LogP contribution < -0.4 is 10.6 Å². The summed E-state index contributed by atoms with van der Waals surface area (Å²) in [6.45, 7) is 8.42. The Balaban J connectivity index is 1.72. The van der Waals surface area contributed by atoms with Gasteiger partial charge in [-0.2, -0.15) is 0 Å². The zero-order valence-corrected chi connectivity index (χ0v) is 13.1. The third-order valence-corrected chi connectivity index (χ3v) is 4.28. The van der Waals surface area contributed by atoms with Crippen molar-refractivity contribution in [2.24, 2.45) is 0 Å². The average molecular weight is 296 g/mol. The predicted octanol–water partition coefficient (Wildman–Crippen LogP) is -0.201. The van der Waals surface area contributed by atoms with Crippen LogP contribution in [-0.4, -0.2) is 73.5 Å². The van der Waals surface area contributed by atoms with Crippen LogP contribution in [0.25, 0.3) is 0 Å². The van der Waals surface area contributed by atoms with Gasteiger partial charge >= 0.3 is 0 Å². The maximum Gasteiger partial charge on any atom is 0.242 e. The second kappa shape index (κ2) is 8.34. The molecule has 2 aliphatic heterocycles. The van der Waals surface area contributed by atoms with E-state index in [9.17, 15) is 9.59 Å². The van der Waals surface area contributed by atoms with Crippen LogP contribution in [0.3, 0.4) is 0 Å². The summed E-state index contributed by atoms with van der Waals surface area (Å²) < 4.78 is 0. The molecule has 6 heteroatoms. The fraction of sp³-hybridized carbons (Fsp3) is 0.867. The van der Waals surface area contributed by atoms with Gasteiger partial charge in [-0.1, -0.05) is 6.92 Å². The average Bonchev–Trinajstić information content (AvgIpc) is 2.98. The molecule has 6 nitrogen and oxygen atoms in total. The molecule has 2 aliphatic rings. The van der Waals surface area contributed by atoms with Crippen LogP contribution >= 0.6 is 0 Å². The minimum Gasteiger partial charge on any atom is -0.353 e. The Bertz CT molecular complexity index is 356. The summed E-state index contributed by atoms with van der Waals surface area (Å²) in [4.78, 5) is 28.4. The van der Waals surface area contributed by atoms with Crippen LogP contribution in [0.1, 0.15) is 32.6 Å². The maximum atomic E-state index is 12.3. The molecule has 0 saturated carbocycles. The maximum absolute atomic E-state index is 12.3. The number of nitrogens with zero attached hydrogens (tertiary/aromatic N) is 2. The normalized spacial score (nSPS) is 23.3. The lowest BCUT2D eigenvalue weighted by atomic mass is 10.2. The quantitative estimate of drug-likeness (QED) is 0.712. The third kappa shape index (κ3) is 4.68. The summed E-state index contributed by atoms with van der Waals surface area (Å²) >= 11 is 0. The Morgan fingerprint density at radius 1 is 1.24 bits per heavy atom. The monoisotopic (exact) mass is 296 g/mol. The molecule has 0 aromatic carbocycles. The lowest BCUT2D eigenvalue weighted by Crippen LogP contribution is -2.49. The molecular formula is C15H28N4O2. The lowest BCUT2D eigenvalue weighted by molar-refractivity contribution is -0.138. The van der Waals surface area contributed by atoms with E-state index in [4.69, 9.17) is 0 Å². The molecule has 0 aromatic rings. The number of carbonyl (C=O) groups is 2. The van der Waals surface area contributed by atoms with Crippen LogP contribution in [0, 0.1) is 0 Å². The van der Waals surface area contributed by atoms with Crippen LogP contribution in [0.5, 0.6) is 0 Å². The minimum absolute atomic E-state index is 0.0205. The number of carbonyl (C=O) groups excluding carboxylic acids is 2. The molecule has 2 N–H and O–H groups in total. The second-order valence-electron chi connectivity index (χ2n) is 5.88. The highest BCUT2D eigenvalue weighted by molar-refractivity contribution is 5.88. The molecular weight excluding hydrogens is 268 g/mol. The van der Waals surface area contributed by atoms with Crippen molar-refractivity contribution in [2.75, 3.05) is 45.8 Å². The van der Waals surface area contributed by atoms with Crippen LogP contribution in [0.15, 0.2) is 0 Å². The van der Waals surface area contributed by atoms with E-state index in [1.807, 2.05) is 6.92 Å². The molecule has 21 heavy (non-hydrogen) atoms. The van der Waals surface area contributed by atoms with Crippen molar-refractivity contribution in [1.82, 2.24) is 20.4 Å². The van der Waals surface area contributed by atoms with Gasteiger partial charge in [0.25, 0.3) is 0 Å². The van der Waals surface area contributed by atoms with Gasteiger partial charge in [0.2, 0.25) is 11.8 Å². The van der Waals surface area contributed by atoms with Gasteiger partial charge in [0.15, 0.2) is 0 Å². The van der Waals surface area contributed by atoms with Crippen molar-refractivity contribution in [2.45, 2.75) is 38.6 Å². The first kappa shape index (κ1) is 16.2. The fourth-order valence-electron chi connectivity index (χ4n) is 3.09. The first-order chi connectivity index (χ1) is 10.2. The first-order valence-corrected chi connectivity index (χ1v) is 8.22. The summed E-state index contributed by atoms with van der Waals surface area (Å²) in [5.41, 5.74) is 0. The highest BCUT2D eigenvalue weighted by Crippen LogP contribution is 2.18. The summed E-state index contributed by atoms with van der Waals surface area (Å²) in [6.07, 6.45) is 3.12. The summed E-state index contributed by atoms with van der Waals surface area (Å²) in [6, 6.07) is -0.243. The topological polar surface area (TPSA) is 64.7 Å². The number of hydrogen-bond acceptors (Lipinski definition) is 4. The molecule has 1 unspecified atom stereocenters. The smallest absolute Gasteiger partial charge is 0.242 e. The highest BCUT2D eigenvalue weighted by atomic mass is 16.2. The van der Waals surface area contributed by atoms with E-state index >= 15 is 0 Å². The zero-order chi connectivity index (χ0) is 15.1. The molecule has 0 aromatic heterocycles. The standard InChI is InChI=1S/C15H28N4O2/c1-2-4-14(20)19-9-3-5-13(19)15(21)17-8-12-18-10-6-16-7-11-18/h13,16H,2-12H2,1H3,(H,17,21). The van der Waals surface area contributed by atoms with E-state index in [1.54, 1.807) is 4.90 Å². The molecule has 2 amide bonds. The molecule has 120 valence electrons. The molecule has 2 rings (SSSR count). The van der Waals surface area contributed by atoms with Crippen molar-refractivity contribution >= 4 is 11.8 Å². The van der Waals surface area contributed by atoms with Gasteiger partial charge in [0.1, 0.15) is 6.04 Å². The van der Waals surface area contributed by atoms with Crippen molar-refractivity contribution in [3.05, 3.63) is 0 Å². The summed E-state index contributed by atoms with van der Waals surface area (Å²) in [7, 11) is 0. The molecule has 0 bridgehead atoms. The first-order valence-electron chi connectivity index (χ1n) is 8.22. The summed E-state index contributed by atoms with van der Waals surface area (Å²) in [5, 5.41) is 6.32. The molecule has 0 spiro atoms. The predicted molar refractivity (Wildman–Crippen MR) is 82.0 cm³/mol. The fourth-order valence-corrected chi connectivity index (χ4v) is 3.09. The number of amides is 2. The zero-order valence-electron chi connectivity index (χ0n) is 13.1.